The molecular weight excluding hydrogens is 477 g/mol. The first-order valence-electron chi connectivity index (χ1n) is 12.1. The topological polar surface area (TPSA) is 60.9 Å². The number of nitrogens with zero attached hydrogens (tertiary/aromatic N) is 3. The van der Waals surface area contributed by atoms with Gasteiger partial charge in [-0.05, 0) is 56.2 Å². The van der Waals surface area contributed by atoms with Crippen LogP contribution in [0.5, 0.6) is 0 Å². The van der Waals surface area contributed by atoms with E-state index < -0.39 is 15.8 Å². The molecule has 1 fully saturated rings. The predicted octanol–water partition coefficient (Wildman–Crippen LogP) is 4.29. The van der Waals surface area contributed by atoms with E-state index in [0.29, 0.717) is 26.2 Å². The summed E-state index contributed by atoms with van der Waals surface area (Å²) in [6.45, 7) is 7.77. The van der Waals surface area contributed by atoms with Crippen molar-refractivity contribution in [3.8, 4) is 0 Å². The maximum Gasteiger partial charge on any atom is 0.243 e. The number of piperazine rings is 1. The second kappa shape index (κ2) is 10.8. The van der Waals surface area contributed by atoms with Gasteiger partial charge >= 0.3 is 0 Å². The summed E-state index contributed by atoms with van der Waals surface area (Å²) < 4.78 is 42.5. The van der Waals surface area contributed by atoms with Crippen molar-refractivity contribution in [1.29, 1.82) is 0 Å². The Morgan fingerprint density at radius 2 is 1.56 bits per heavy atom. The van der Waals surface area contributed by atoms with Gasteiger partial charge in [0.1, 0.15) is 5.82 Å². The zero-order valence-corrected chi connectivity index (χ0v) is 21.8. The van der Waals surface area contributed by atoms with Crippen LogP contribution in [-0.2, 0) is 21.4 Å². The first kappa shape index (κ1) is 25.9. The molecule has 0 radical (unpaired) electrons. The molecule has 8 heteroatoms. The van der Waals surface area contributed by atoms with Gasteiger partial charge in [-0.2, -0.15) is 4.31 Å². The van der Waals surface area contributed by atoms with Crippen molar-refractivity contribution in [2.75, 3.05) is 37.6 Å². The van der Waals surface area contributed by atoms with Gasteiger partial charge in [0.05, 0.1) is 11.4 Å². The van der Waals surface area contributed by atoms with E-state index >= 15 is 0 Å². The molecule has 0 aromatic heterocycles. The average molecular weight is 510 g/mol. The van der Waals surface area contributed by atoms with E-state index in [1.165, 1.54) is 29.3 Å². The van der Waals surface area contributed by atoms with Gasteiger partial charge in [0.2, 0.25) is 15.9 Å². The summed E-state index contributed by atoms with van der Waals surface area (Å²) in [4.78, 5) is 17.3. The predicted molar refractivity (Wildman–Crippen MR) is 140 cm³/mol. The Hall–Kier alpha value is -3.23. The Morgan fingerprint density at radius 3 is 2.22 bits per heavy atom. The number of sulfonamides is 1. The van der Waals surface area contributed by atoms with Crippen molar-refractivity contribution >= 4 is 21.6 Å². The molecule has 0 spiro atoms. The van der Waals surface area contributed by atoms with Gasteiger partial charge in [-0.15, -0.1) is 0 Å². The van der Waals surface area contributed by atoms with E-state index in [2.05, 4.69) is 30.9 Å². The van der Waals surface area contributed by atoms with E-state index in [4.69, 9.17) is 0 Å². The number of hydrogen-bond acceptors (Lipinski definition) is 4. The summed E-state index contributed by atoms with van der Waals surface area (Å²) in [5.41, 5.74) is 4.74. The van der Waals surface area contributed by atoms with Crippen molar-refractivity contribution in [3.05, 3.63) is 94.8 Å². The standard InChI is InChI=1S/C28H32FN3O3S/c1-21-11-13-25(14-12-21)36(34,35)32(19-24-8-4-5-9-26(24)29)20-28(33)31-17-15-30(16-18-31)27-10-6-7-22(2)23(27)3/h4-14H,15-20H2,1-3H3. The smallest absolute Gasteiger partial charge is 0.243 e. The molecule has 0 N–H and O–H groups in total. The van der Waals surface area contributed by atoms with Crippen molar-refractivity contribution in [2.45, 2.75) is 32.2 Å². The summed E-state index contributed by atoms with van der Waals surface area (Å²) in [7, 11) is -4.02. The van der Waals surface area contributed by atoms with Crippen LogP contribution in [0.2, 0.25) is 0 Å². The summed E-state index contributed by atoms with van der Waals surface area (Å²) in [6.07, 6.45) is 0. The monoisotopic (exact) mass is 509 g/mol. The Kier molecular flexibility index (Phi) is 7.76. The minimum atomic E-state index is -4.02. The van der Waals surface area contributed by atoms with Crippen LogP contribution in [-0.4, -0.2) is 56.3 Å². The minimum absolute atomic E-state index is 0.0805. The summed E-state index contributed by atoms with van der Waals surface area (Å²) in [6, 6.07) is 18.7. The van der Waals surface area contributed by atoms with Gasteiger partial charge in [-0.25, -0.2) is 12.8 Å². The SMILES string of the molecule is Cc1ccc(S(=O)(=O)N(CC(=O)N2CCN(c3cccc(C)c3C)CC2)Cc2ccccc2F)cc1. The Bertz CT molecular complexity index is 1330. The number of benzene rings is 3. The number of aryl methyl sites for hydroxylation is 2. The van der Waals surface area contributed by atoms with Crippen molar-refractivity contribution in [3.63, 3.8) is 0 Å². The van der Waals surface area contributed by atoms with Gasteiger partial charge < -0.3 is 9.80 Å². The second-order valence-corrected chi connectivity index (χ2v) is 11.2. The van der Waals surface area contributed by atoms with Crippen LogP contribution in [0.1, 0.15) is 22.3 Å². The largest absolute Gasteiger partial charge is 0.368 e. The Morgan fingerprint density at radius 1 is 0.889 bits per heavy atom. The second-order valence-electron chi connectivity index (χ2n) is 9.26. The zero-order chi connectivity index (χ0) is 25.9. The molecule has 190 valence electrons. The number of carbonyl (C=O) groups is 1. The normalized spacial score (nSPS) is 14.4. The van der Waals surface area contributed by atoms with Gasteiger partial charge in [-0.3, -0.25) is 4.79 Å². The zero-order valence-electron chi connectivity index (χ0n) is 20.9. The lowest BCUT2D eigenvalue weighted by atomic mass is 10.1. The Balaban J connectivity index is 1.52. The van der Waals surface area contributed by atoms with Crippen LogP contribution < -0.4 is 4.90 Å². The molecule has 6 nitrogen and oxygen atoms in total. The van der Waals surface area contributed by atoms with Crippen LogP contribution >= 0.6 is 0 Å². The molecule has 0 unspecified atom stereocenters. The third-order valence-corrected chi connectivity index (χ3v) is 8.63. The molecule has 0 atom stereocenters. The molecule has 3 aromatic carbocycles. The molecule has 0 aliphatic carbocycles. The summed E-state index contributed by atoms with van der Waals surface area (Å²) in [5, 5.41) is 0. The first-order valence-corrected chi connectivity index (χ1v) is 13.5. The highest BCUT2D eigenvalue weighted by Crippen LogP contribution is 2.25. The number of amides is 1. The number of hydrogen-bond donors (Lipinski definition) is 0. The molecule has 3 aromatic rings. The lowest BCUT2D eigenvalue weighted by molar-refractivity contribution is -0.131. The van der Waals surface area contributed by atoms with E-state index in [1.807, 2.05) is 13.0 Å². The Labute approximate surface area is 213 Å². The molecule has 0 bridgehead atoms. The van der Waals surface area contributed by atoms with Gasteiger partial charge in [0, 0.05) is 44.0 Å². The van der Waals surface area contributed by atoms with E-state index in [0.717, 1.165) is 15.6 Å². The van der Waals surface area contributed by atoms with Crippen molar-refractivity contribution < 1.29 is 17.6 Å². The fraction of sp³-hybridized carbons (Fsp3) is 0.321. The van der Waals surface area contributed by atoms with E-state index in [1.54, 1.807) is 35.2 Å². The van der Waals surface area contributed by atoms with Crippen LogP contribution in [0.15, 0.2) is 71.6 Å². The number of halogens is 1. The van der Waals surface area contributed by atoms with Gasteiger partial charge in [0.25, 0.3) is 0 Å². The molecule has 36 heavy (non-hydrogen) atoms. The molecule has 1 amide bonds. The fourth-order valence-corrected chi connectivity index (χ4v) is 5.80. The third-order valence-electron chi connectivity index (χ3n) is 6.82. The quantitative estimate of drug-likeness (QED) is 0.477. The van der Waals surface area contributed by atoms with Crippen molar-refractivity contribution in [1.82, 2.24) is 9.21 Å². The number of rotatable bonds is 7. The molecule has 1 saturated heterocycles. The van der Waals surface area contributed by atoms with Crippen LogP contribution in [0.25, 0.3) is 0 Å². The van der Waals surface area contributed by atoms with Crippen molar-refractivity contribution in [2.24, 2.45) is 0 Å². The lowest BCUT2D eigenvalue weighted by Gasteiger charge is -2.37. The van der Waals surface area contributed by atoms with Crippen LogP contribution in [0.4, 0.5) is 10.1 Å². The molecule has 0 saturated carbocycles. The fourth-order valence-electron chi connectivity index (χ4n) is 4.43. The van der Waals surface area contributed by atoms with E-state index in [-0.39, 0.29) is 29.5 Å². The highest BCUT2D eigenvalue weighted by Gasteiger charge is 2.31. The number of anilines is 1. The highest BCUT2D eigenvalue weighted by molar-refractivity contribution is 7.89. The molecule has 1 heterocycles. The number of carbonyl (C=O) groups excluding carboxylic acids is 1. The average Bonchev–Trinajstić information content (AvgIpc) is 2.87. The molecule has 4 rings (SSSR count). The summed E-state index contributed by atoms with van der Waals surface area (Å²) in [5.74, 6) is -0.793. The first-order chi connectivity index (χ1) is 17.2. The minimum Gasteiger partial charge on any atom is -0.368 e. The van der Waals surface area contributed by atoms with Crippen LogP contribution in [0, 0.1) is 26.6 Å². The maximum absolute atomic E-state index is 14.4. The maximum atomic E-state index is 14.4. The third kappa shape index (κ3) is 5.60. The lowest BCUT2D eigenvalue weighted by Crippen LogP contribution is -2.52. The van der Waals surface area contributed by atoms with E-state index in [9.17, 15) is 17.6 Å². The highest BCUT2D eigenvalue weighted by atomic mass is 32.2. The van der Waals surface area contributed by atoms with Gasteiger partial charge in [0.15, 0.2) is 0 Å². The van der Waals surface area contributed by atoms with Gasteiger partial charge in [-0.1, -0.05) is 48.0 Å². The summed E-state index contributed by atoms with van der Waals surface area (Å²) >= 11 is 0. The van der Waals surface area contributed by atoms with Crippen LogP contribution in [0.3, 0.4) is 0 Å². The molecule has 1 aliphatic heterocycles. The molecule has 1 aliphatic rings. The molecular formula is C28H32FN3O3S.